The summed E-state index contributed by atoms with van der Waals surface area (Å²) in [7, 11) is -4.32. The molecule has 0 amide bonds. The van der Waals surface area contributed by atoms with Crippen LogP contribution in [-0.2, 0) is 29.8 Å². The van der Waals surface area contributed by atoms with Crippen molar-refractivity contribution in [2.45, 2.75) is 95.4 Å². The van der Waals surface area contributed by atoms with Crippen molar-refractivity contribution in [2.75, 3.05) is 18.9 Å². The molecule has 0 unspecified atom stereocenters. The first-order valence-electron chi connectivity index (χ1n) is 17.5. The topological polar surface area (TPSA) is 153 Å². The van der Waals surface area contributed by atoms with E-state index in [1.165, 1.54) is 36.6 Å². The molecule has 0 spiro atoms. The molecule has 0 radical (unpaired) electrons. The molecule has 3 N–H and O–H groups in total. The van der Waals surface area contributed by atoms with Gasteiger partial charge in [-0.3, -0.25) is 13.9 Å². The number of nitrogens with two attached hydrogens (primary N) is 1. The van der Waals surface area contributed by atoms with E-state index in [-0.39, 0.29) is 48.8 Å². The van der Waals surface area contributed by atoms with Gasteiger partial charge >= 0.3 is 19.8 Å². The quantitative estimate of drug-likeness (QED) is 0.0311. The van der Waals surface area contributed by atoms with Crippen molar-refractivity contribution in [1.82, 2.24) is 24.6 Å². The van der Waals surface area contributed by atoms with Crippen molar-refractivity contribution < 1.29 is 32.3 Å². The first-order valence-corrected chi connectivity index (χ1v) is 19.1. The molecule has 14 heteroatoms. The molecule has 12 nitrogen and oxygen atoms in total. The van der Waals surface area contributed by atoms with Crippen LogP contribution in [-0.4, -0.2) is 50.3 Å². The third-order valence-corrected chi connectivity index (χ3v) is 10.3. The van der Waals surface area contributed by atoms with Gasteiger partial charge < -0.3 is 19.7 Å². The van der Waals surface area contributed by atoms with Gasteiger partial charge in [-0.25, -0.2) is 9.55 Å². The molecule has 3 heterocycles. The smallest absolute Gasteiger partial charge is 0.459 e. The highest BCUT2D eigenvalue weighted by Gasteiger charge is 2.44. The number of rotatable bonds is 20. The molecule has 1 aliphatic heterocycles. The molecule has 5 rings (SSSR count). The van der Waals surface area contributed by atoms with E-state index in [0.29, 0.717) is 6.42 Å². The Morgan fingerprint density at radius 1 is 1.10 bits per heavy atom. The zero-order chi connectivity index (χ0) is 36.1. The van der Waals surface area contributed by atoms with Crippen molar-refractivity contribution in [3.63, 3.8) is 0 Å². The first-order chi connectivity index (χ1) is 24.7. The number of halogens is 1. The van der Waals surface area contributed by atoms with Crippen molar-refractivity contribution in [2.24, 2.45) is 0 Å². The lowest BCUT2D eigenvalue weighted by Gasteiger charge is -2.29. The molecule has 4 atom stereocenters. The predicted molar refractivity (Wildman–Crippen MR) is 192 cm³/mol. The SMILES string of the molecule is C#C[C@@]1(CO[P@@](=O)(N[C@@H](Cc2ccccc2)C(=O)OCCCCCCCCCC)Oc2ccccc2)CC[C@H](n2cnc3c(N)nc(F)nc32)O1. The minimum atomic E-state index is -4.32. The minimum absolute atomic E-state index is 0.104. The number of para-hydroxylation sites is 1. The van der Waals surface area contributed by atoms with Crippen molar-refractivity contribution in [1.29, 1.82) is 0 Å². The average molecular weight is 721 g/mol. The summed E-state index contributed by atoms with van der Waals surface area (Å²) in [4.78, 5) is 25.1. The van der Waals surface area contributed by atoms with Gasteiger partial charge in [0.05, 0.1) is 19.5 Å². The fourth-order valence-electron chi connectivity index (χ4n) is 5.94. The van der Waals surface area contributed by atoms with E-state index >= 15 is 0 Å². The van der Waals surface area contributed by atoms with Gasteiger partial charge in [0.1, 0.15) is 18.0 Å². The molecule has 51 heavy (non-hydrogen) atoms. The van der Waals surface area contributed by atoms with Crippen molar-refractivity contribution in [3.8, 4) is 18.1 Å². The van der Waals surface area contributed by atoms with Crippen LogP contribution in [0.2, 0.25) is 0 Å². The molecule has 4 aromatic rings. The molecule has 0 aliphatic carbocycles. The third-order valence-electron chi connectivity index (χ3n) is 8.71. The van der Waals surface area contributed by atoms with Crippen LogP contribution in [0.5, 0.6) is 5.75 Å². The van der Waals surface area contributed by atoms with E-state index in [2.05, 4.69) is 32.9 Å². The lowest BCUT2D eigenvalue weighted by molar-refractivity contribution is -0.146. The standard InChI is InChI=1S/C37H46FN6O6P/c1-3-5-6-7-8-9-10-17-24-47-35(45)30(25-28-18-13-11-14-19-28)43-51(46,50-29-20-15-12-16-21-29)48-26-37(4-2)23-22-31(49-37)44-27-40-32-33(39)41-36(38)42-34(32)44/h2,11-16,18-21,27,30-31H,3,5-10,17,22-26H2,1H3,(H,43,46)(H2,39,41,42)/t30-,31+,37-,51-/m0/s1. The minimum Gasteiger partial charge on any atom is -0.465 e. The highest BCUT2D eigenvalue weighted by Crippen LogP contribution is 2.48. The van der Waals surface area contributed by atoms with Gasteiger partial charge in [0.2, 0.25) is 0 Å². The number of esters is 1. The fraction of sp³-hybridized carbons (Fsp3) is 0.459. The molecular weight excluding hydrogens is 674 g/mol. The lowest BCUT2D eigenvalue weighted by atomic mass is 10.0. The van der Waals surface area contributed by atoms with Crippen LogP contribution < -0.4 is 15.3 Å². The Balaban J connectivity index is 1.29. The Morgan fingerprint density at radius 3 is 2.49 bits per heavy atom. The molecule has 2 aromatic carbocycles. The predicted octanol–water partition coefficient (Wildman–Crippen LogP) is 7.32. The summed E-state index contributed by atoms with van der Waals surface area (Å²) < 4.78 is 54.1. The number of nitrogen functional groups attached to an aromatic ring is 1. The largest absolute Gasteiger partial charge is 0.465 e. The summed E-state index contributed by atoms with van der Waals surface area (Å²) in [5, 5.41) is 2.87. The summed E-state index contributed by atoms with van der Waals surface area (Å²) in [5.41, 5.74) is 5.66. The lowest BCUT2D eigenvalue weighted by Crippen LogP contribution is -2.41. The monoisotopic (exact) mass is 720 g/mol. The van der Waals surface area contributed by atoms with E-state index in [9.17, 15) is 13.8 Å². The van der Waals surface area contributed by atoms with Crippen LogP contribution in [0.25, 0.3) is 11.2 Å². The number of nitrogens with one attached hydrogen (secondary N) is 1. The van der Waals surface area contributed by atoms with Gasteiger partial charge in [-0.2, -0.15) is 19.4 Å². The molecule has 1 saturated heterocycles. The zero-order valence-corrected chi connectivity index (χ0v) is 29.8. The normalized spacial score (nSPS) is 19.0. The number of hydrogen-bond donors (Lipinski definition) is 2. The number of terminal acetylenes is 1. The summed E-state index contributed by atoms with van der Waals surface area (Å²) in [6.45, 7) is 2.08. The summed E-state index contributed by atoms with van der Waals surface area (Å²) in [6.07, 6.45) is 15.4. The molecule has 0 saturated carbocycles. The number of carbonyl (C=O) groups is 1. The Bertz CT molecular complexity index is 1810. The summed E-state index contributed by atoms with van der Waals surface area (Å²) in [6, 6.07) is 16.7. The highest BCUT2D eigenvalue weighted by molar-refractivity contribution is 7.52. The zero-order valence-electron chi connectivity index (χ0n) is 28.9. The van der Waals surface area contributed by atoms with Gasteiger partial charge in [-0.1, -0.05) is 106 Å². The number of anilines is 1. The maximum Gasteiger partial charge on any atom is 0.459 e. The van der Waals surface area contributed by atoms with E-state index in [1.807, 2.05) is 30.3 Å². The number of carbonyl (C=O) groups excluding carboxylic acids is 1. The second-order valence-corrected chi connectivity index (χ2v) is 14.3. The molecule has 272 valence electrons. The van der Waals surface area contributed by atoms with Crippen molar-refractivity contribution >= 4 is 30.7 Å². The number of benzene rings is 2. The Hall–Kier alpha value is -4.34. The van der Waals surface area contributed by atoms with Crippen LogP contribution in [0, 0.1) is 18.4 Å². The Labute approximate surface area is 298 Å². The van der Waals surface area contributed by atoms with Gasteiger partial charge in [0.15, 0.2) is 22.6 Å². The van der Waals surface area contributed by atoms with Crippen molar-refractivity contribution in [3.05, 3.63) is 78.6 Å². The second kappa shape index (κ2) is 18.2. The maximum absolute atomic E-state index is 14.6. The van der Waals surface area contributed by atoms with Gasteiger partial charge in [0, 0.05) is 0 Å². The Kier molecular flexibility index (Phi) is 13.6. The van der Waals surface area contributed by atoms with Crippen LogP contribution in [0.15, 0.2) is 67.0 Å². The second-order valence-electron chi connectivity index (χ2n) is 12.6. The molecule has 0 bridgehead atoms. The van der Waals surface area contributed by atoms with Crippen LogP contribution >= 0.6 is 7.75 Å². The van der Waals surface area contributed by atoms with Crippen LogP contribution in [0.3, 0.4) is 0 Å². The van der Waals surface area contributed by atoms with Gasteiger partial charge in [-0.15, -0.1) is 6.42 Å². The summed E-state index contributed by atoms with van der Waals surface area (Å²) in [5.74, 6) is 2.21. The Morgan fingerprint density at radius 2 is 1.78 bits per heavy atom. The molecular formula is C37H46FN6O6P. The molecule has 2 aromatic heterocycles. The highest BCUT2D eigenvalue weighted by atomic mass is 31.2. The van der Waals surface area contributed by atoms with Crippen LogP contribution in [0.4, 0.5) is 10.2 Å². The number of ether oxygens (including phenoxy) is 2. The first kappa shape index (κ1) is 37.9. The molecule has 1 aliphatic rings. The van der Waals surface area contributed by atoms with Gasteiger partial charge in [0.25, 0.3) is 0 Å². The number of unbranched alkanes of at least 4 members (excludes halogenated alkanes) is 7. The number of fused-ring (bicyclic) bond motifs is 1. The fourth-order valence-corrected chi connectivity index (χ4v) is 7.47. The average Bonchev–Trinajstić information content (AvgIpc) is 3.76. The number of nitrogens with zero attached hydrogens (tertiary/aromatic N) is 4. The van der Waals surface area contributed by atoms with Gasteiger partial charge in [-0.05, 0) is 43.4 Å². The van der Waals surface area contributed by atoms with E-state index < -0.39 is 37.7 Å². The van der Waals surface area contributed by atoms with E-state index in [1.54, 1.807) is 30.3 Å². The maximum atomic E-state index is 14.6. The number of imidazole rings is 1. The number of aromatic nitrogens is 4. The van der Waals surface area contributed by atoms with Crippen LogP contribution in [0.1, 0.15) is 82.9 Å². The molecule has 1 fully saturated rings. The van der Waals surface area contributed by atoms with E-state index in [4.69, 9.17) is 30.7 Å². The van der Waals surface area contributed by atoms with E-state index in [0.717, 1.165) is 31.2 Å². The third kappa shape index (κ3) is 10.6. The summed E-state index contributed by atoms with van der Waals surface area (Å²) >= 11 is 0. The number of hydrogen-bond acceptors (Lipinski definition) is 10.